The molecule has 21 heavy (non-hydrogen) atoms. The van der Waals surface area contributed by atoms with Crippen LogP contribution in [0.2, 0.25) is 0 Å². The normalized spacial score (nSPS) is 33.9. The first-order valence-corrected chi connectivity index (χ1v) is 7.90. The van der Waals surface area contributed by atoms with Gasteiger partial charge < -0.3 is 9.64 Å². The van der Waals surface area contributed by atoms with Gasteiger partial charge in [0.1, 0.15) is 11.7 Å². The maximum atomic E-state index is 12.8. The van der Waals surface area contributed by atoms with E-state index in [0.717, 1.165) is 37.9 Å². The quantitative estimate of drug-likeness (QED) is 0.926. The number of hydrogen-bond acceptors (Lipinski definition) is 3. The fraction of sp³-hybridized carbons (Fsp3) is 0.588. The van der Waals surface area contributed by atoms with Gasteiger partial charge in [-0.2, -0.15) is 0 Å². The maximum Gasteiger partial charge on any atom is 0.244 e. The summed E-state index contributed by atoms with van der Waals surface area (Å²) in [6, 6.07) is 10.3. The second-order valence-corrected chi connectivity index (χ2v) is 6.87. The Morgan fingerprint density at radius 1 is 1.29 bits per heavy atom. The van der Waals surface area contributed by atoms with Gasteiger partial charge in [0.15, 0.2) is 0 Å². The first-order chi connectivity index (χ1) is 10.1. The van der Waals surface area contributed by atoms with Crippen LogP contribution in [0.3, 0.4) is 0 Å². The van der Waals surface area contributed by atoms with Gasteiger partial charge in [-0.1, -0.05) is 30.3 Å². The number of carbonyl (C=O) groups excluding carboxylic acids is 1. The lowest BCUT2D eigenvalue weighted by Gasteiger charge is -2.32. The summed E-state index contributed by atoms with van der Waals surface area (Å²) in [5.41, 5.74) is 0.691. The van der Waals surface area contributed by atoms with Crippen molar-refractivity contribution in [2.45, 2.75) is 49.9 Å². The molecule has 3 aliphatic rings. The van der Waals surface area contributed by atoms with Crippen LogP contribution in [0.15, 0.2) is 30.3 Å². The Morgan fingerprint density at radius 2 is 2.05 bits per heavy atom. The molecule has 1 amide bonds. The van der Waals surface area contributed by atoms with Crippen LogP contribution in [-0.4, -0.2) is 35.1 Å². The Labute approximate surface area is 125 Å². The summed E-state index contributed by atoms with van der Waals surface area (Å²) in [7, 11) is 0. The molecule has 1 saturated carbocycles. The van der Waals surface area contributed by atoms with Gasteiger partial charge in [0.05, 0.1) is 12.1 Å². The van der Waals surface area contributed by atoms with Crippen molar-refractivity contribution >= 4 is 5.91 Å². The highest BCUT2D eigenvalue weighted by Crippen LogP contribution is 2.46. The molecule has 4 heteroatoms. The minimum Gasteiger partial charge on any atom is -0.373 e. The van der Waals surface area contributed by atoms with E-state index in [1.807, 2.05) is 23.1 Å². The van der Waals surface area contributed by atoms with Crippen molar-refractivity contribution in [1.82, 2.24) is 10.2 Å². The minimum absolute atomic E-state index is 0.0118. The molecule has 1 N–H and O–H groups in total. The molecule has 1 spiro atoms. The van der Waals surface area contributed by atoms with Gasteiger partial charge in [-0.3, -0.25) is 10.1 Å². The van der Waals surface area contributed by atoms with E-state index in [-0.39, 0.29) is 23.2 Å². The van der Waals surface area contributed by atoms with Crippen LogP contribution in [0, 0.1) is 0 Å². The molecule has 1 aromatic carbocycles. The van der Waals surface area contributed by atoms with Crippen LogP contribution >= 0.6 is 0 Å². The third-order valence-electron chi connectivity index (χ3n) is 5.07. The first kappa shape index (κ1) is 13.3. The van der Waals surface area contributed by atoms with Gasteiger partial charge >= 0.3 is 0 Å². The van der Waals surface area contributed by atoms with E-state index in [0.29, 0.717) is 6.54 Å². The molecule has 1 aromatic rings. The van der Waals surface area contributed by atoms with E-state index in [2.05, 4.69) is 24.4 Å². The van der Waals surface area contributed by atoms with Crippen LogP contribution in [0.1, 0.15) is 44.3 Å². The lowest BCUT2D eigenvalue weighted by Crippen LogP contribution is -2.43. The third kappa shape index (κ3) is 2.17. The van der Waals surface area contributed by atoms with Crippen molar-refractivity contribution in [3.63, 3.8) is 0 Å². The summed E-state index contributed by atoms with van der Waals surface area (Å²) < 4.78 is 5.90. The number of benzene rings is 1. The van der Waals surface area contributed by atoms with Gasteiger partial charge in [-0.05, 0) is 38.2 Å². The van der Waals surface area contributed by atoms with E-state index in [9.17, 15) is 4.79 Å². The predicted molar refractivity (Wildman–Crippen MR) is 79.6 cm³/mol. The molecule has 1 aliphatic carbocycles. The van der Waals surface area contributed by atoms with Crippen LogP contribution in [0.4, 0.5) is 0 Å². The van der Waals surface area contributed by atoms with E-state index in [1.54, 1.807) is 0 Å². The highest BCUT2D eigenvalue weighted by Gasteiger charge is 2.60. The molecule has 2 aliphatic heterocycles. The molecule has 2 saturated heterocycles. The number of nitrogens with one attached hydrogen (secondary N) is 1. The molecule has 0 aromatic heterocycles. The summed E-state index contributed by atoms with van der Waals surface area (Å²) >= 11 is 0. The van der Waals surface area contributed by atoms with Crippen molar-refractivity contribution in [3.8, 4) is 0 Å². The summed E-state index contributed by atoms with van der Waals surface area (Å²) in [5.74, 6) is 0.257. The van der Waals surface area contributed by atoms with Gasteiger partial charge in [0.25, 0.3) is 0 Å². The van der Waals surface area contributed by atoms with E-state index in [4.69, 9.17) is 4.74 Å². The maximum absolute atomic E-state index is 12.8. The van der Waals surface area contributed by atoms with Crippen molar-refractivity contribution in [1.29, 1.82) is 0 Å². The Balaban J connectivity index is 1.63. The molecule has 0 radical (unpaired) electrons. The average molecular weight is 286 g/mol. The molecule has 2 heterocycles. The van der Waals surface area contributed by atoms with Crippen LogP contribution in [-0.2, 0) is 9.53 Å². The summed E-state index contributed by atoms with van der Waals surface area (Å²) in [6.07, 6.45) is 4.03. The van der Waals surface area contributed by atoms with E-state index >= 15 is 0 Å². The minimum atomic E-state index is -0.282. The molecular weight excluding hydrogens is 264 g/mol. The van der Waals surface area contributed by atoms with Gasteiger partial charge in [-0.25, -0.2) is 0 Å². The average Bonchev–Trinajstić information content (AvgIpc) is 3.09. The lowest BCUT2D eigenvalue weighted by molar-refractivity contribution is -0.134. The molecule has 112 valence electrons. The Bertz CT molecular complexity index is 547. The summed E-state index contributed by atoms with van der Waals surface area (Å²) in [6.45, 7) is 3.63. The third-order valence-corrected chi connectivity index (χ3v) is 5.07. The number of ether oxygens (including phenoxy) is 1. The molecule has 2 atom stereocenters. The van der Waals surface area contributed by atoms with Crippen molar-refractivity contribution < 1.29 is 9.53 Å². The second-order valence-electron chi connectivity index (χ2n) is 6.87. The highest BCUT2D eigenvalue weighted by molar-refractivity contribution is 5.92. The zero-order valence-electron chi connectivity index (χ0n) is 12.5. The van der Waals surface area contributed by atoms with E-state index < -0.39 is 0 Å². The number of amides is 1. The van der Waals surface area contributed by atoms with Crippen LogP contribution in [0.5, 0.6) is 0 Å². The van der Waals surface area contributed by atoms with Crippen LogP contribution in [0.25, 0.3) is 0 Å². The van der Waals surface area contributed by atoms with Crippen molar-refractivity contribution in [3.05, 3.63) is 35.9 Å². The fourth-order valence-electron chi connectivity index (χ4n) is 3.66. The zero-order chi connectivity index (χ0) is 14.5. The smallest absolute Gasteiger partial charge is 0.244 e. The van der Waals surface area contributed by atoms with Gasteiger partial charge in [0, 0.05) is 6.61 Å². The molecule has 3 fully saturated rings. The zero-order valence-corrected chi connectivity index (χ0v) is 12.5. The second kappa shape index (κ2) is 4.55. The Kier molecular flexibility index (Phi) is 2.88. The molecule has 4 nitrogen and oxygen atoms in total. The molecule has 4 rings (SSSR count). The molecule has 0 bridgehead atoms. The molecule has 2 unspecified atom stereocenters. The van der Waals surface area contributed by atoms with Crippen molar-refractivity contribution in [2.75, 3.05) is 13.2 Å². The lowest BCUT2D eigenvalue weighted by atomic mass is 10.0. The summed E-state index contributed by atoms with van der Waals surface area (Å²) in [4.78, 5) is 14.8. The largest absolute Gasteiger partial charge is 0.373 e. The monoisotopic (exact) mass is 286 g/mol. The fourth-order valence-corrected chi connectivity index (χ4v) is 3.66. The first-order valence-electron chi connectivity index (χ1n) is 7.90. The number of nitrogens with zero attached hydrogens (tertiary/aromatic N) is 1. The summed E-state index contributed by atoms with van der Waals surface area (Å²) in [5, 5.41) is 3.57. The van der Waals surface area contributed by atoms with Gasteiger partial charge in [0.2, 0.25) is 5.91 Å². The van der Waals surface area contributed by atoms with Gasteiger partial charge in [-0.15, -0.1) is 0 Å². The van der Waals surface area contributed by atoms with E-state index in [1.165, 1.54) is 0 Å². The van der Waals surface area contributed by atoms with Crippen molar-refractivity contribution in [2.24, 2.45) is 0 Å². The van der Waals surface area contributed by atoms with Crippen LogP contribution < -0.4 is 5.32 Å². The topological polar surface area (TPSA) is 41.6 Å². The SMILES string of the molecule is CC1(CN2C(=O)C3(CC3)NC2c2ccccc2)CCCO1. The highest BCUT2D eigenvalue weighted by atomic mass is 16.5. The number of rotatable bonds is 3. The number of carbonyl (C=O) groups is 1. The standard InChI is InChI=1S/C17H22N2O2/c1-16(8-5-11-21-16)12-19-14(13-6-3-2-4-7-13)18-17(9-10-17)15(19)20/h2-4,6-7,14,18H,5,8-12H2,1H3. The Hall–Kier alpha value is -1.39. The molecular formula is C17H22N2O2. The number of hydrogen-bond donors (Lipinski definition) is 1. The predicted octanol–water partition coefficient (Wildman–Crippen LogP) is 2.22. The Morgan fingerprint density at radius 3 is 2.67 bits per heavy atom.